The first kappa shape index (κ1) is 17.9. The molecule has 2 aromatic carbocycles. The zero-order valence-corrected chi connectivity index (χ0v) is 15.1. The van der Waals surface area contributed by atoms with Gasteiger partial charge < -0.3 is 10.2 Å². The summed E-state index contributed by atoms with van der Waals surface area (Å²) < 4.78 is 0. The lowest BCUT2D eigenvalue weighted by molar-refractivity contribution is -0.130. The smallest absolute Gasteiger partial charge is 0.251 e. The maximum absolute atomic E-state index is 12.4. The fourth-order valence-electron chi connectivity index (χ4n) is 3.17. The molecule has 134 valence electrons. The molecule has 1 aliphatic rings. The number of aryl methyl sites for hydroxylation is 1. The summed E-state index contributed by atoms with van der Waals surface area (Å²) in [6, 6.07) is 17.7. The van der Waals surface area contributed by atoms with Gasteiger partial charge in [-0.1, -0.05) is 54.6 Å². The lowest BCUT2D eigenvalue weighted by atomic mass is 9.99. The highest BCUT2D eigenvalue weighted by molar-refractivity contribution is 5.95. The standard InChI is InChI=1S/C22H24N2O2/c1-17-7-5-6-10-20(17)22(26)23-14-11-21(25)24-15-12-19(13-16-24)18-8-3-2-4-9-18/h2-10,12H,11,13-16H2,1H3,(H,23,26). The summed E-state index contributed by atoms with van der Waals surface area (Å²) in [7, 11) is 0. The Morgan fingerprint density at radius 3 is 2.46 bits per heavy atom. The van der Waals surface area contributed by atoms with Gasteiger partial charge in [-0.15, -0.1) is 0 Å². The van der Waals surface area contributed by atoms with E-state index in [0.717, 1.165) is 18.5 Å². The van der Waals surface area contributed by atoms with Crippen LogP contribution in [0.1, 0.15) is 34.3 Å². The lowest BCUT2D eigenvalue weighted by Crippen LogP contribution is -2.37. The Kier molecular flexibility index (Phi) is 5.84. The summed E-state index contributed by atoms with van der Waals surface area (Å²) >= 11 is 0. The third kappa shape index (κ3) is 4.39. The number of nitrogens with zero attached hydrogens (tertiary/aromatic N) is 1. The van der Waals surface area contributed by atoms with Crippen molar-refractivity contribution in [1.29, 1.82) is 0 Å². The number of amides is 2. The minimum Gasteiger partial charge on any atom is -0.352 e. The summed E-state index contributed by atoms with van der Waals surface area (Å²) in [5.41, 5.74) is 4.12. The third-order valence-corrected chi connectivity index (χ3v) is 4.72. The third-order valence-electron chi connectivity index (χ3n) is 4.72. The van der Waals surface area contributed by atoms with Gasteiger partial charge in [-0.3, -0.25) is 9.59 Å². The molecule has 0 spiro atoms. The van der Waals surface area contributed by atoms with Crippen molar-refractivity contribution >= 4 is 17.4 Å². The quantitative estimate of drug-likeness (QED) is 0.900. The summed E-state index contributed by atoms with van der Waals surface area (Å²) in [4.78, 5) is 26.4. The van der Waals surface area contributed by atoms with E-state index in [0.29, 0.717) is 25.1 Å². The molecule has 1 heterocycles. The highest BCUT2D eigenvalue weighted by atomic mass is 16.2. The van der Waals surface area contributed by atoms with Crippen LogP contribution in [0, 0.1) is 6.92 Å². The van der Waals surface area contributed by atoms with Crippen LogP contribution in [-0.4, -0.2) is 36.3 Å². The van der Waals surface area contributed by atoms with Crippen LogP contribution in [0.4, 0.5) is 0 Å². The molecule has 0 saturated heterocycles. The second-order valence-corrected chi connectivity index (χ2v) is 6.51. The highest BCUT2D eigenvalue weighted by Gasteiger charge is 2.18. The van der Waals surface area contributed by atoms with Gasteiger partial charge in [0.05, 0.1) is 0 Å². The molecule has 4 nitrogen and oxygen atoms in total. The SMILES string of the molecule is Cc1ccccc1C(=O)NCCC(=O)N1CC=C(c2ccccc2)CC1. The molecule has 1 aliphatic heterocycles. The Labute approximate surface area is 154 Å². The van der Waals surface area contributed by atoms with Gasteiger partial charge in [0.15, 0.2) is 0 Å². The van der Waals surface area contributed by atoms with Crippen molar-refractivity contribution in [3.8, 4) is 0 Å². The minimum absolute atomic E-state index is 0.0819. The highest BCUT2D eigenvalue weighted by Crippen LogP contribution is 2.22. The molecule has 0 aliphatic carbocycles. The number of benzene rings is 2. The van der Waals surface area contributed by atoms with E-state index in [-0.39, 0.29) is 11.8 Å². The van der Waals surface area contributed by atoms with Crippen molar-refractivity contribution < 1.29 is 9.59 Å². The van der Waals surface area contributed by atoms with Crippen LogP contribution >= 0.6 is 0 Å². The molecule has 0 atom stereocenters. The predicted octanol–water partition coefficient (Wildman–Crippen LogP) is 3.43. The maximum Gasteiger partial charge on any atom is 0.251 e. The molecule has 2 amide bonds. The number of hydrogen-bond acceptors (Lipinski definition) is 2. The molecule has 0 fully saturated rings. The van der Waals surface area contributed by atoms with Crippen LogP contribution in [0.15, 0.2) is 60.7 Å². The molecule has 0 bridgehead atoms. The Balaban J connectivity index is 1.47. The van der Waals surface area contributed by atoms with Crippen LogP contribution in [-0.2, 0) is 4.79 Å². The van der Waals surface area contributed by atoms with Gasteiger partial charge in [0, 0.05) is 31.6 Å². The van der Waals surface area contributed by atoms with E-state index in [1.54, 1.807) is 6.07 Å². The van der Waals surface area contributed by atoms with Crippen molar-refractivity contribution in [2.45, 2.75) is 19.8 Å². The Bertz CT molecular complexity index is 812. The topological polar surface area (TPSA) is 49.4 Å². The first-order valence-electron chi connectivity index (χ1n) is 9.01. The van der Waals surface area contributed by atoms with Crippen molar-refractivity contribution in [2.75, 3.05) is 19.6 Å². The van der Waals surface area contributed by atoms with E-state index in [1.165, 1.54) is 11.1 Å². The average Bonchev–Trinajstić information content (AvgIpc) is 2.69. The average molecular weight is 348 g/mol. The fourth-order valence-corrected chi connectivity index (χ4v) is 3.17. The Morgan fingerprint density at radius 1 is 1.04 bits per heavy atom. The van der Waals surface area contributed by atoms with E-state index < -0.39 is 0 Å². The second-order valence-electron chi connectivity index (χ2n) is 6.51. The van der Waals surface area contributed by atoms with Crippen LogP contribution < -0.4 is 5.32 Å². The predicted molar refractivity (Wildman–Crippen MR) is 104 cm³/mol. The van der Waals surface area contributed by atoms with E-state index >= 15 is 0 Å². The second kappa shape index (κ2) is 8.48. The van der Waals surface area contributed by atoms with Crippen LogP contribution in [0.2, 0.25) is 0 Å². The van der Waals surface area contributed by atoms with E-state index in [4.69, 9.17) is 0 Å². The Hall–Kier alpha value is -2.88. The number of nitrogens with one attached hydrogen (secondary N) is 1. The monoisotopic (exact) mass is 348 g/mol. The van der Waals surface area contributed by atoms with Gasteiger partial charge in [-0.05, 0) is 36.1 Å². The van der Waals surface area contributed by atoms with Crippen molar-refractivity contribution in [1.82, 2.24) is 10.2 Å². The maximum atomic E-state index is 12.4. The van der Waals surface area contributed by atoms with E-state index in [9.17, 15) is 9.59 Å². The van der Waals surface area contributed by atoms with E-state index in [2.05, 4.69) is 23.5 Å². The van der Waals surface area contributed by atoms with Crippen LogP contribution in [0.25, 0.3) is 5.57 Å². The number of carbonyl (C=O) groups excluding carboxylic acids is 2. The van der Waals surface area contributed by atoms with E-state index in [1.807, 2.05) is 48.2 Å². The number of hydrogen-bond donors (Lipinski definition) is 1. The number of rotatable bonds is 5. The molecule has 0 unspecified atom stereocenters. The molecule has 26 heavy (non-hydrogen) atoms. The molecular weight excluding hydrogens is 324 g/mol. The van der Waals surface area contributed by atoms with Crippen LogP contribution in [0.3, 0.4) is 0 Å². The summed E-state index contributed by atoms with van der Waals surface area (Å²) in [5, 5.41) is 2.84. The van der Waals surface area contributed by atoms with Crippen LogP contribution in [0.5, 0.6) is 0 Å². The minimum atomic E-state index is -0.124. The molecule has 0 radical (unpaired) electrons. The van der Waals surface area contributed by atoms with Crippen molar-refractivity contribution in [3.05, 3.63) is 77.4 Å². The molecule has 3 rings (SSSR count). The molecule has 1 N–H and O–H groups in total. The van der Waals surface area contributed by atoms with Crippen molar-refractivity contribution in [3.63, 3.8) is 0 Å². The summed E-state index contributed by atoms with van der Waals surface area (Å²) in [5.74, 6) is -0.0424. The molecule has 2 aromatic rings. The van der Waals surface area contributed by atoms with Crippen molar-refractivity contribution in [2.24, 2.45) is 0 Å². The molecule has 4 heteroatoms. The first-order chi connectivity index (χ1) is 12.6. The molecule has 0 saturated carbocycles. The summed E-state index contributed by atoms with van der Waals surface area (Å²) in [6.45, 7) is 3.63. The lowest BCUT2D eigenvalue weighted by Gasteiger charge is -2.27. The first-order valence-corrected chi connectivity index (χ1v) is 9.01. The fraction of sp³-hybridized carbons (Fsp3) is 0.273. The largest absolute Gasteiger partial charge is 0.352 e. The number of carbonyl (C=O) groups is 2. The summed E-state index contributed by atoms with van der Waals surface area (Å²) in [6.07, 6.45) is 3.32. The van der Waals surface area contributed by atoms with Gasteiger partial charge in [0.25, 0.3) is 5.91 Å². The van der Waals surface area contributed by atoms with Gasteiger partial charge in [-0.25, -0.2) is 0 Å². The van der Waals surface area contributed by atoms with Gasteiger partial charge in [0.2, 0.25) is 5.91 Å². The van der Waals surface area contributed by atoms with Gasteiger partial charge in [-0.2, -0.15) is 0 Å². The normalized spacial score (nSPS) is 13.9. The van der Waals surface area contributed by atoms with Gasteiger partial charge in [0.1, 0.15) is 0 Å². The zero-order chi connectivity index (χ0) is 18.4. The molecular formula is C22H24N2O2. The Morgan fingerprint density at radius 2 is 1.77 bits per heavy atom. The zero-order valence-electron chi connectivity index (χ0n) is 15.1. The molecule has 0 aromatic heterocycles. The van der Waals surface area contributed by atoms with Gasteiger partial charge >= 0.3 is 0 Å².